The zero-order chi connectivity index (χ0) is 17.2. The van der Waals surface area contributed by atoms with Crippen molar-refractivity contribution in [3.8, 4) is 0 Å². The molecule has 128 valence electrons. The molecule has 4 nitrogen and oxygen atoms in total. The first-order valence-electron chi connectivity index (χ1n) is 7.87. The van der Waals surface area contributed by atoms with Crippen LogP contribution in [0.1, 0.15) is 28.9 Å². The predicted molar refractivity (Wildman–Crippen MR) is 82.5 cm³/mol. The van der Waals surface area contributed by atoms with E-state index < -0.39 is 18.0 Å². The van der Waals surface area contributed by atoms with E-state index in [1.807, 2.05) is 30.3 Å². The zero-order valence-corrected chi connectivity index (χ0v) is 13.0. The second kappa shape index (κ2) is 6.67. The largest absolute Gasteiger partial charge is 0.393 e. The van der Waals surface area contributed by atoms with Crippen molar-refractivity contribution >= 4 is 5.91 Å². The summed E-state index contributed by atoms with van der Waals surface area (Å²) in [6.45, 7) is 0.574. The Labute approximate surface area is 137 Å². The molecule has 1 aliphatic rings. The smallest absolute Gasteiger partial charge is 0.337 e. The van der Waals surface area contributed by atoms with E-state index >= 15 is 0 Å². The summed E-state index contributed by atoms with van der Waals surface area (Å²) in [6.07, 6.45) is -2.15. The molecule has 1 atom stereocenters. The molecule has 0 spiro atoms. The molecule has 1 amide bonds. The number of piperidine rings is 1. The third kappa shape index (κ3) is 3.77. The summed E-state index contributed by atoms with van der Waals surface area (Å²) in [4.78, 5) is 13.7. The normalized spacial score (nSPS) is 18.6. The van der Waals surface area contributed by atoms with Crippen LogP contribution < -0.4 is 0 Å². The van der Waals surface area contributed by atoms with Gasteiger partial charge in [-0.05, 0) is 24.5 Å². The van der Waals surface area contributed by atoms with Gasteiger partial charge in [-0.25, -0.2) is 0 Å². The van der Waals surface area contributed by atoms with Gasteiger partial charge in [0.05, 0.1) is 12.5 Å². The van der Waals surface area contributed by atoms with Crippen LogP contribution in [-0.4, -0.2) is 39.9 Å². The molecule has 1 aromatic carbocycles. The van der Waals surface area contributed by atoms with E-state index in [9.17, 15) is 18.0 Å². The summed E-state index contributed by atoms with van der Waals surface area (Å²) in [6, 6.07) is 11.2. The highest BCUT2D eigenvalue weighted by Gasteiger charge is 2.42. The third-order valence-electron chi connectivity index (χ3n) is 4.22. The van der Waals surface area contributed by atoms with E-state index in [0.29, 0.717) is 19.5 Å². The van der Waals surface area contributed by atoms with Crippen molar-refractivity contribution in [1.29, 1.82) is 0 Å². The van der Waals surface area contributed by atoms with Crippen LogP contribution in [0.4, 0.5) is 13.2 Å². The molecule has 0 saturated carbocycles. The van der Waals surface area contributed by atoms with Crippen LogP contribution in [0.5, 0.6) is 0 Å². The lowest BCUT2D eigenvalue weighted by molar-refractivity contribution is -0.184. The minimum atomic E-state index is -4.26. The highest BCUT2D eigenvalue weighted by atomic mass is 19.4. The number of halogens is 3. The third-order valence-corrected chi connectivity index (χ3v) is 4.22. The van der Waals surface area contributed by atoms with Crippen LogP contribution in [0.2, 0.25) is 0 Å². The molecule has 1 aromatic heterocycles. The Morgan fingerprint density at radius 1 is 1.21 bits per heavy atom. The standard InChI is InChI=1S/C17H18F3N3O/c18-17(19,20)14-7-4-9-22(12-14)16(24)15-8-10-23(21-15)11-13-5-2-1-3-6-13/h1-3,5-6,8,10,14H,4,7,9,11-12H2/t14-/m0/s1. The molecule has 7 heteroatoms. The molecule has 2 heterocycles. The topological polar surface area (TPSA) is 38.1 Å². The molecular formula is C17H18F3N3O. The molecule has 0 bridgehead atoms. The molecule has 1 aliphatic heterocycles. The van der Waals surface area contributed by atoms with E-state index in [-0.39, 0.29) is 18.7 Å². The molecule has 1 fully saturated rings. The number of benzene rings is 1. The lowest BCUT2D eigenvalue weighted by atomic mass is 9.97. The number of rotatable bonds is 3. The highest BCUT2D eigenvalue weighted by molar-refractivity contribution is 5.92. The van der Waals surface area contributed by atoms with Crippen LogP contribution in [0.25, 0.3) is 0 Å². The first kappa shape index (κ1) is 16.5. The van der Waals surface area contributed by atoms with Crippen LogP contribution >= 0.6 is 0 Å². The van der Waals surface area contributed by atoms with Crippen LogP contribution in [-0.2, 0) is 6.54 Å². The summed E-state index contributed by atoms with van der Waals surface area (Å²) in [5, 5.41) is 4.21. The number of amides is 1. The quantitative estimate of drug-likeness (QED) is 0.861. The average molecular weight is 337 g/mol. The first-order chi connectivity index (χ1) is 11.4. The van der Waals surface area contributed by atoms with Gasteiger partial charge in [0.1, 0.15) is 5.69 Å². The Bertz CT molecular complexity index is 697. The van der Waals surface area contributed by atoms with E-state index in [2.05, 4.69) is 5.10 Å². The van der Waals surface area contributed by atoms with Crippen molar-refractivity contribution in [2.24, 2.45) is 5.92 Å². The molecule has 0 radical (unpaired) electrons. The van der Waals surface area contributed by atoms with Crippen molar-refractivity contribution in [1.82, 2.24) is 14.7 Å². The Morgan fingerprint density at radius 2 is 1.96 bits per heavy atom. The van der Waals surface area contributed by atoms with Crippen molar-refractivity contribution < 1.29 is 18.0 Å². The fourth-order valence-electron chi connectivity index (χ4n) is 2.93. The predicted octanol–water partition coefficient (Wildman–Crippen LogP) is 3.35. The summed E-state index contributed by atoms with van der Waals surface area (Å²) < 4.78 is 40.2. The Hall–Kier alpha value is -2.31. The fraction of sp³-hybridized carbons (Fsp3) is 0.412. The average Bonchev–Trinajstić information content (AvgIpc) is 3.03. The number of nitrogens with zero attached hydrogens (tertiary/aromatic N) is 3. The number of hydrogen-bond acceptors (Lipinski definition) is 2. The van der Waals surface area contributed by atoms with Crippen LogP contribution in [0.3, 0.4) is 0 Å². The van der Waals surface area contributed by atoms with Gasteiger partial charge >= 0.3 is 6.18 Å². The first-order valence-corrected chi connectivity index (χ1v) is 7.87. The zero-order valence-electron chi connectivity index (χ0n) is 13.0. The van der Waals surface area contributed by atoms with Gasteiger partial charge in [0.2, 0.25) is 0 Å². The van der Waals surface area contributed by atoms with Gasteiger partial charge in [-0.2, -0.15) is 18.3 Å². The Balaban J connectivity index is 1.67. The van der Waals surface area contributed by atoms with Gasteiger partial charge < -0.3 is 4.90 Å². The van der Waals surface area contributed by atoms with Crippen molar-refractivity contribution in [3.63, 3.8) is 0 Å². The van der Waals surface area contributed by atoms with Crippen LogP contribution in [0.15, 0.2) is 42.6 Å². The van der Waals surface area contributed by atoms with Crippen LogP contribution in [0, 0.1) is 5.92 Å². The Kier molecular flexibility index (Phi) is 4.59. The minimum absolute atomic E-state index is 0.0791. The molecule has 0 unspecified atom stereocenters. The molecule has 1 saturated heterocycles. The van der Waals surface area contributed by atoms with Gasteiger partial charge in [-0.15, -0.1) is 0 Å². The number of aromatic nitrogens is 2. The molecule has 24 heavy (non-hydrogen) atoms. The van der Waals surface area contributed by atoms with Gasteiger partial charge in [-0.1, -0.05) is 30.3 Å². The monoisotopic (exact) mass is 337 g/mol. The number of carbonyl (C=O) groups is 1. The minimum Gasteiger partial charge on any atom is -0.337 e. The second-order valence-corrected chi connectivity index (χ2v) is 6.02. The number of carbonyl (C=O) groups excluding carboxylic acids is 1. The van der Waals surface area contributed by atoms with Gasteiger partial charge in [-0.3, -0.25) is 9.48 Å². The molecule has 0 N–H and O–H groups in total. The highest BCUT2D eigenvalue weighted by Crippen LogP contribution is 2.33. The molecular weight excluding hydrogens is 319 g/mol. The number of alkyl halides is 3. The van der Waals surface area contributed by atoms with E-state index in [1.54, 1.807) is 16.9 Å². The van der Waals surface area contributed by atoms with Gasteiger partial charge in [0.15, 0.2) is 0 Å². The lowest BCUT2D eigenvalue weighted by Gasteiger charge is -2.33. The molecule has 3 rings (SSSR count). The maximum atomic E-state index is 12.9. The van der Waals surface area contributed by atoms with E-state index in [1.165, 1.54) is 4.90 Å². The van der Waals surface area contributed by atoms with Crippen molar-refractivity contribution in [3.05, 3.63) is 53.9 Å². The summed E-state index contributed by atoms with van der Waals surface area (Å²) >= 11 is 0. The summed E-state index contributed by atoms with van der Waals surface area (Å²) in [7, 11) is 0. The maximum Gasteiger partial charge on any atom is 0.393 e. The van der Waals surface area contributed by atoms with Crippen molar-refractivity contribution in [2.75, 3.05) is 13.1 Å². The molecule has 2 aromatic rings. The molecule has 0 aliphatic carbocycles. The van der Waals surface area contributed by atoms with Gasteiger partial charge in [0, 0.05) is 19.3 Å². The fourth-order valence-corrected chi connectivity index (χ4v) is 2.93. The van der Waals surface area contributed by atoms with E-state index in [4.69, 9.17) is 0 Å². The van der Waals surface area contributed by atoms with Crippen molar-refractivity contribution in [2.45, 2.75) is 25.6 Å². The van der Waals surface area contributed by atoms with Gasteiger partial charge in [0.25, 0.3) is 5.91 Å². The number of likely N-dealkylation sites (tertiary alicyclic amines) is 1. The lowest BCUT2D eigenvalue weighted by Crippen LogP contribution is -2.44. The second-order valence-electron chi connectivity index (χ2n) is 6.02. The Morgan fingerprint density at radius 3 is 2.67 bits per heavy atom. The summed E-state index contributed by atoms with van der Waals surface area (Å²) in [5.41, 5.74) is 1.23. The van der Waals surface area contributed by atoms with E-state index in [0.717, 1.165) is 5.56 Å². The maximum absolute atomic E-state index is 12.9. The SMILES string of the molecule is O=C(c1ccn(Cc2ccccc2)n1)N1CCC[C@H](C(F)(F)F)C1. The summed E-state index contributed by atoms with van der Waals surface area (Å²) in [5.74, 6) is -1.88. The number of hydrogen-bond donors (Lipinski definition) is 0.